The summed E-state index contributed by atoms with van der Waals surface area (Å²) in [7, 11) is 0. The highest BCUT2D eigenvalue weighted by molar-refractivity contribution is 5.79. The fourth-order valence-corrected chi connectivity index (χ4v) is 2.46. The number of aliphatic imine (C=N–C) groups is 1. The van der Waals surface area contributed by atoms with Crippen molar-refractivity contribution in [3.63, 3.8) is 0 Å². The molecule has 0 aromatic heterocycles. The van der Waals surface area contributed by atoms with E-state index in [1.165, 1.54) is 5.56 Å². The van der Waals surface area contributed by atoms with Gasteiger partial charge in [0.15, 0.2) is 5.96 Å². The normalized spacial score (nSPS) is 13.6. The van der Waals surface area contributed by atoms with E-state index in [-0.39, 0.29) is 11.6 Å². The Bertz CT molecular complexity index is 474. The van der Waals surface area contributed by atoms with Crippen LogP contribution in [-0.4, -0.2) is 44.3 Å². The molecule has 0 amide bonds. The number of rotatable bonds is 10. The second kappa shape index (κ2) is 11.0. The van der Waals surface area contributed by atoms with Gasteiger partial charge in [-0.25, -0.2) is 0 Å². The highest BCUT2D eigenvalue weighted by Gasteiger charge is 2.20. The molecule has 1 aromatic carbocycles. The summed E-state index contributed by atoms with van der Waals surface area (Å²) in [5.41, 5.74) is 1.19. The van der Waals surface area contributed by atoms with Crippen molar-refractivity contribution in [3.05, 3.63) is 35.9 Å². The van der Waals surface area contributed by atoms with E-state index in [4.69, 9.17) is 9.73 Å². The molecule has 0 spiro atoms. The Balaban J connectivity index is 2.55. The average molecular weight is 335 g/mol. The molecule has 0 fully saturated rings. The predicted molar refractivity (Wildman–Crippen MR) is 103 cm³/mol. The van der Waals surface area contributed by atoms with Crippen molar-refractivity contribution in [3.8, 4) is 0 Å². The Morgan fingerprint density at radius 3 is 2.50 bits per heavy atom. The molecule has 136 valence electrons. The molecule has 1 unspecified atom stereocenters. The van der Waals surface area contributed by atoms with Crippen LogP contribution in [0, 0.1) is 0 Å². The standard InChI is InChI=1S/C19H34N4O/c1-6-20-18(21-13-14-24-7-2)22-15-19(4,5)23-16(3)17-11-9-8-10-12-17/h8-12,16,23H,6-7,13-15H2,1-5H3,(H2,20,21,22). The maximum absolute atomic E-state index is 5.35. The fourth-order valence-electron chi connectivity index (χ4n) is 2.46. The molecule has 24 heavy (non-hydrogen) atoms. The summed E-state index contributed by atoms with van der Waals surface area (Å²) in [6, 6.07) is 10.8. The molecule has 0 radical (unpaired) electrons. The van der Waals surface area contributed by atoms with Gasteiger partial charge in [-0.15, -0.1) is 0 Å². The van der Waals surface area contributed by atoms with Gasteiger partial charge in [0.1, 0.15) is 0 Å². The van der Waals surface area contributed by atoms with Crippen molar-refractivity contribution in [2.24, 2.45) is 4.99 Å². The van der Waals surface area contributed by atoms with E-state index in [0.717, 1.165) is 25.7 Å². The van der Waals surface area contributed by atoms with Gasteiger partial charge in [-0.2, -0.15) is 0 Å². The van der Waals surface area contributed by atoms with Crippen LogP contribution in [0.25, 0.3) is 0 Å². The first kappa shape index (κ1) is 20.5. The zero-order chi connectivity index (χ0) is 17.8. The molecule has 0 saturated carbocycles. The van der Waals surface area contributed by atoms with E-state index >= 15 is 0 Å². The molecule has 0 aliphatic heterocycles. The molecule has 0 saturated heterocycles. The number of hydrogen-bond donors (Lipinski definition) is 3. The first-order chi connectivity index (χ1) is 11.5. The van der Waals surface area contributed by atoms with Crippen LogP contribution in [0.2, 0.25) is 0 Å². The Morgan fingerprint density at radius 1 is 1.17 bits per heavy atom. The molecular formula is C19H34N4O. The van der Waals surface area contributed by atoms with E-state index in [9.17, 15) is 0 Å². The molecule has 5 nitrogen and oxygen atoms in total. The maximum atomic E-state index is 5.35. The van der Waals surface area contributed by atoms with Gasteiger partial charge >= 0.3 is 0 Å². The van der Waals surface area contributed by atoms with Crippen LogP contribution in [0.3, 0.4) is 0 Å². The van der Waals surface area contributed by atoms with Crippen molar-refractivity contribution < 1.29 is 4.74 Å². The molecule has 0 heterocycles. The zero-order valence-corrected chi connectivity index (χ0v) is 15.9. The average Bonchev–Trinajstić information content (AvgIpc) is 2.57. The third-order valence-electron chi connectivity index (χ3n) is 3.63. The lowest BCUT2D eigenvalue weighted by molar-refractivity contribution is 0.152. The molecule has 3 N–H and O–H groups in total. The summed E-state index contributed by atoms with van der Waals surface area (Å²) in [4.78, 5) is 4.71. The highest BCUT2D eigenvalue weighted by Crippen LogP contribution is 2.16. The molecule has 1 rings (SSSR count). The van der Waals surface area contributed by atoms with Crippen LogP contribution in [-0.2, 0) is 4.74 Å². The van der Waals surface area contributed by atoms with E-state index in [0.29, 0.717) is 13.2 Å². The highest BCUT2D eigenvalue weighted by atomic mass is 16.5. The molecule has 1 atom stereocenters. The molecule has 1 aromatic rings. The van der Waals surface area contributed by atoms with E-state index in [1.54, 1.807) is 0 Å². The lowest BCUT2D eigenvalue weighted by Crippen LogP contribution is -2.45. The fraction of sp³-hybridized carbons (Fsp3) is 0.632. The minimum absolute atomic E-state index is 0.0997. The monoisotopic (exact) mass is 334 g/mol. The second-order valence-corrected chi connectivity index (χ2v) is 6.48. The predicted octanol–water partition coefficient (Wildman–Crippen LogP) is 2.71. The lowest BCUT2D eigenvalue weighted by atomic mass is 10.0. The molecule has 0 bridgehead atoms. The third-order valence-corrected chi connectivity index (χ3v) is 3.63. The van der Waals surface area contributed by atoms with Gasteiger partial charge in [-0.05, 0) is 40.2 Å². The third kappa shape index (κ3) is 8.31. The molecule has 0 aliphatic carbocycles. The largest absolute Gasteiger partial charge is 0.380 e. The molecular weight excluding hydrogens is 300 g/mol. The van der Waals surface area contributed by atoms with Gasteiger partial charge < -0.3 is 20.7 Å². The van der Waals surface area contributed by atoms with Crippen LogP contribution in [0.15, 0.2) is 35.3 Å². The quantitative estimate of drug-likeness (QED) is 0.350. The van der Waals surface area contributed by atoms with E-state index in [1.807, 2.05) is 13.0 Å². The van der Waals surface area contributed by atoms with E-state index in [2.05, 4.69) is 67.9 Å². The van der Waals surface area contributed by atoms with E-state index < -0.39 is 0 Å². The van der Waals surface area contributed by atoms with Gasteiger partial charge in [0.05, 0.1) is 13.2 Å². The number of nitrogens with zero attached hydrogens (tertiary/aromatic N) is 1. The van der Waals surface area contributed by atoms with Gasteiger partial charge in [-0.1, -0.05) is 30.3 Å². The van der Waals surface area contributed by atoms with Crippen molar-refractivity contribution in [2.75, 3.05) is 32.8 Å². The topological polar surface area (TPSA) is 57.7 Å². The number of benzene rings is 1. The summed E-state index contributed by atoms with van der Waals surface area (Å²) >= 11 is 0. The van der Waals surface area contributed by atoms with Crippen LogP contribution < -0.4 is 16.0 Å². The van der Waals surface area contributed by atoms with Gasteiger partial charge in [0.2, 0.25) is 0 Å². The van der Waals surface area contributed by atoms with Crippen LogP contribution >= 0.6 is 0 Å². The van der Waals surface area contributed by atoms with Crippen LogP contribution in [0.4, 0.5) is 0 Å². The van der Waals surface area contributed by atoms with Crippen LogP contribution in [0.1, 0.15) is 46.2 Å². The van der Waals surface area contributed by atoms with Crippen molar-refractivity contribution in [1.82, 2.24) is 16.0 Å². The van der Waals surface area contributed by atoms with Gasteiger partial charge in [0.25, 0.3) is 0 Å². The van der Waals surface area contributed by atoms with Crippen molar-refractivity contribution >= 4 is 5.96 Å². The number of nitrogens with one attached hydrogen (secondary N) is 3. The summed E-state index contributed by atoms with van der Waals surface area (Å²) in [5, 5.41) is 10.2. The number of guanidine groups is 1. The minimum Gasteiger partial charge on any atom is -0.380 e. The first-order valence-electron chi connectivity index (χ1n) is 8.91. The Morgan fingerprint density at radius 2 is 1.88 bits per heavy atom. The number of hydrogen-bond acceptors (Lipinski definition) is 3. The maximum Gasteiger partial charge on any atom is 0.191 e. The summed E-state index contributed by atoms with van der Waals surface area (Å²) in [6.07, 6.45) is 0. The molecule has 0 aliphatic rings. The Labute approximate surface area is 147 Å². The molecule has 5 heteroatoms. The van der Waals surface area contributed by atoms with Gasteiger partial charge in [0, 0.05) is 31.3 Å². The minimum atomic E-state index is -0.0997. The van der Waals surface area contributed by atoms with Crippen molar-refractivity contribution in [1.29, 1.82) is 0 Å². The van der Waals surface area contributed by atoms with Crippen molar-refractivity contribution in [2.45, 2.75) is 46.2 Å². The summed E-state index contributed by atoms with van der Waals surface area (Å²) < 4.78 is 5.35. The van der Waals surface area contributed by atoms with Gasteiger partial charge in [-0.3, -0.25) is 4.99 Å². The summed E-state index contributed by atoms with van der Waals surface area (Å²) in [5.74, 6) is 0.833. The van der Waals surface area contributed by atoms with Crippen LogP contribution in [0.5, 0.6) is 0 Å². The zero-order valence-electron chi connectivity index (χ0n) is 15.9. The Kier molecular flexibility index (Phi) is 9.42. The second-order valence-electron chi connectivity index (χ2n) is 6.48. The number of ether oxygens (including phenoxy) is 1. The summed E-state index contributed by atoms with van der Waals surface area (Å²) in [6.45, 7) is 14.3. The Hall–Kier alpha value is -1.59. The first-order valence-corrected chi connectivity index (χ1v) is 8.91. The SMILES string of the molecule is CCNC(=NCC(C)(C)NC(C)c1ccccc1)NCCOCC. The lowest BCUT2D eigenvalue weighted by Gasteiger charge is -2.29. The smallest absolute Gasteiger partial charge is 0.191 e.